The van der Waals surface area contributed by atoms with E-state index in [1.807, 2.05) is 42.5 Å². The molecule has 3 heteroatoms. The molecule has 1 atom stereocenters. The maximum Gasteiger partial charge on any atom is 0.0964 e. The van der Waals surface area contributed by atoms with Gasteiger partial charge in [-0.25, -0.2) is 0 Å². The van der Waals surface area contributed by atoms with Gasteiger partial charge in [-0.2, -0.15) is 0 Å². The zero-order valence-corrected chi connectivity index (χ0v) is 11.5. The van der Waals surface area contributed by atoms with Crippen molar-refractivity contribution in [1.82, 2.24) is 0 Å². The van der Waals surface area contributed by atoms with Gasteiger partial charge in [0.25, 0.3) is 0 Å². The van der Waals surface area contributed by atoms with Crippen LogP contribution in [-0.2, 0) is 0 Å². The van der Waals surface area contributed by atoms with E-state index in [-0.39, 0.29) is 0 Å². The van der Waals surface area contributed by atoms with Crippen molar-refractivity contribution in [3.8, 4) is 0 Å². The molecule has 1 heterocycles. The highest BCUT2D eigenvalue weighted by Crippen LogP contribution is 2.29. The third kappa shape index (κ3) is 2.78. The second-order valence-corrected chi connectivity index (χ2v) is 5.17. The Labute approximate surface area is 119 Å². The molecule has 2 aromatic carbocycles. The van der Waals surface area contributed by atoms with E-state index in [2.05, 4.69) is 22.3 Å². The van der Waals surface area contributed by atoms with Crippen LogP contribution in [0, 0.1) is 0 Å². The molecule has 0 saturated carbocycles. The summed E-state index contributed by atoms with van der Waals surface area (Å²) in [4.78, 5) is 2.27. The average molecular weight is 268 g/mol. The molecule has 2 N–H and O–H groups in total. The molecule has 0 aromatic heterocycles. The summed E-state index contributed by atoms with van der Waals surface area (Å²) >= 11 is 0. The molecule has 1 aliphatic rings. The van der Waals surface area contributed by atoms with Gasteiger partial charge in [-0.3, -0.25) is 0 Å². The van der Waals surface area contributed by atoms with Crippen LogP contribution >= 0.6 is 0 Å². The topological polar surface area (TPSA) is 35.5 Å². The molecular weight excluding hydrogens is 248 g/mol. The SMILES string of the molecule is OC(CN1CCCNc2ccccc21)c1ccccc1. The first-order chi connectivity index (χ1) is 9.84. The second kappa shape index (κ2) is 5.97. The number of benzene rings is 2. The quantitative estimate of drug-likeness (QED) is 0.898. The fourth-order valence-electron chi connectivity index (χ4n) is 2.69. The first-order valence-electron chi connectivity index (χ1n) is 7.15. The molecule has 1 aliphatic heterocycles. The first kappa shape index (κ1) is 13.0. The maximum absolute atomic E-state index is 10.4. The van der Waals surface area contributed by atoms with E-state index in [4.69, 9.17) is 0 Å². The minimum Gasteiger partial charge on any atom is -0.387 e. The van der Waals surface area contributed by atoms with Crippen LogP contribution in [0.5, 0.6) is 0 Å². The molecular formula is C17H20N2O. The molecule has 0 saturated heterocycles. The van der Waals surface area contributed by atoms with E-state index in [0.717, 1.165) is 30.8 Å². The highest BCUT2D eigenvalue weighted by atomic mass is 16.3. The Bertz CT molecular complexity index is 556. The van der Waals surface area contributed by atoms with Crippen molar-refractivity contribution in [2.75, 3.05) is 29.9 Å². The molecule has 0 radical (unpaired) electrons. The summed E-state index contributed by atoms with van der Waals surface area (Å²) in [6.45, 7) is 2.57. The van der Waals surface area contributed by atoms with E-state index < -0.39 is 6.10 Å². The van der Waals surface area contributed by atoms with Gasteiger partial charge in [0.05, 0.1) is 17.5 Å². The van der Waals surface area contributed by atoms with Crippen molar-refractivity contribution in [2.45, 2.75) is 12.5 Å². The second-order valence-electron chi connectivity index (χ2n) is 5.17. The predicted octanol–water partition coefficient (Wildman–Crippen LogP) is 3.04. The fourth-order valence-corrected chi connectivity index (χ4v) is 2.69. The molecule has 104 valence electrons. The molecule has 1 unspecified atom stereocenters. The number of β-amino-alcohol motifs (C(OH)–C–C–N with tert-alkyl or cyclic N) is 1. The van der Waals surface area contributed by atoms with Gasteiger partial charge >= 0.3 is 0 Å². The van der Waals surface area contributed by atoms with Crippen molar-refractivity contribution in [3.05, 3.63) is 60.2 Å². The number of para-hydroxylation sites is 2. The largest absolute Gasteiger partial charge is 0.387 e. The predicted molar refractivity (Wildman–Crippen MR) is 83.2 cm³/mol. The molecule has 0 bridgehead atoms. The van der Waals surface area contributed by atoms with Gasteiger partial charge in [-0.05, 0) is 24.1 Å². The zero-order valence-electron chi connectivity index (χ0n) is 11.5. The van der Waals surface area contributed by atoms with E-state index in [9.17, 15) is 5.11 Å². The number of rotatable bonds is 3. The molecule has 20 heavy (non-hydrogen) atoms. The van der Waals surface area contributed by atoms with E-state index in [0.29, 0.717) is 6.54 Å². The van der Waals surface area contributed by atoms with Crippen LogP contribution in [0.25, 0.3) is 0 Å². The highest BCUT2D eigenvalue weighted by molar-refractivity contribution is 5.70. The molecule has 0 aliphatic carbocycles. The number of anilines is 2. The number of nitrogens with zero attached hydrogens (tertiary/aromatic N) is 1. The lowest BCUT2D eigenvalue weighted by Gasteiger charge is -2.27. The third-order valence-corrected chi connectivity index (χ3v) is 3.74. The van der Waals surface area contributed by atoms with Crippen LogP contribution in [-0.4, -0.2) is 24.7 Å². The summed E-state index contributed by atoms with van der Waals surface area (Å²) < 4.78 is 0. The molecule has 2 aromatic rings. The van der Waals surface area contributed by atoms with Crippen LogP contribution in [0.4, 0.5) is 11.4 Å². The number of hydrogen-bond donors (Lipinski definition) is 2. The van der Waals surface area contributed by atoms with Crippen LogP contribution in [0.15, 0.2) is 54.6 Å². The molecule has 0 fully saturated rings. The lowest BCUT2D eigenvalue weighted by atomic mass is 10.1. The summed E-state index contributed by atoms with van der Waals surface area (Å²) in [6, 6.07) is 18.2. The van der Waals surface area contributed by atoms with Gasteiger partial charge in [-0.15, -0.1) is 0 Å². The summed E-state index contributed by atoms with van der Waals surface area (Å²) in [5, 5.41) is 13.9. The zero-order chi connectivity index (χ0) is 13.8. The van der Waals surface area contributed by atoms with Crippen molar-refractivity contribution < 1.29 is 5.11 Å². The average Bonchev–Trinajstić information content (AvgIpc) is 2.71. The third-order valence-electron chi connectivity index (χ3n) is 3.74. The maximum atomic E-state index is 10.4. The Balaban J connectivity index is 1.80. The van der Waals surface area contributed by atoms with E-state index in [1.165, 1.54) is 5.69 Å². The Morgan fingerprint density at radius 2 is 1.80 bits per heavy atom. The fraction of sp³-hybridized carbons (Fsp3) is 0.294. The molecule has 3 rings (SSSR count). The van der Waals surface area contributed by atoms with Crippen molar-refractivity contribution in [1.29, 1.82) is 0 Å². The Kier molecular flexibility index (Phi) is 3.88. The molecule has 0 amide bonds. The number of aliphatic hydroxyl groups excluding tert-OH is 1. The molecule has 3 nitrogen and oxygen atoms in total. The van der Waals surface area contributed by atoms with Gasteiger partial charge in [0, 0.05) is 19.6 Å². The van der Waals surface area contributed by atoms with E-state index >= 15 is 0 Å². The normalized spacial score (nSPS) is 15.9. The Morgan fingerprint density at radius 3 is 2.65 bits per heavy atom. The van der Waals surface area contributed by atoms with Crippen molar-refractivity contribution in [3.63, 3.8) is 0 Å². The van der Waals surface area contributed by atoms with Crippen LogP contribution < -0.4 is 10.2 Å². The van der Waals surface area contributed by atoms with Crippen molar-refractivity contribution in [2.24, 2.45) is 0 Å². The van der Waals surface area contributed by atoms with Gasteiger partial charge in [0.2, 0.25) is 0 Å². The van der Waals surface area contributed by atoms with E-state index in [1.54, 1.807) is 0 Å². The first-order valence-corrected chi connectivity index (χ1v) is 7.15. The Morgan fingerprint density at radius 1 is 1.05 bits per heavy atom. The standard InChI is InChI=1S/C17H20N2O/c20-17(14-7-2-1-3-8-14)13-19-12-6-11-18-15-9-4-5-10-16(15)19/h1-5,7-10,17-18,20H,6,11-13H2. The summed E-state index contributed by atoms with van der Waals surface area (Å²) in [5.74, 6) is 0. The smallest absolute Gasteiger partial charge is 0.0964 e. The summed E-state index contributed by atoms with van der Waals surface area (Å²) in [7, 11) is 0. The Hall–Kier alpha value is -2.00. The van der Waals surface area contributed by atoms with Gasteiger partial charge in [-0.1, -0.05) is 42.5 Å². The van der Waals surface area contributed by atoms with Crippen LogP contribution in [0.3, 0.4) is 0 Å². The van der Waals surface area contributed by atoms with Gasteiger partial charge in [0.1, 0.15) is 0 Å². The lowest BCUT2D eigenvalue weighted by molar-refractivity contribution is 0.183. The minimum absolute atomic E-state index is 0.456. The van der Waals surface area contributed by atoms with Crippen LogP contribution in [0.2, 0.25) is 0 Å². The summed E-state index contributed by atoms with van der Waals surface area (Å²) in [6.07, 6.45) is 0.623. The minimum atomic E-state index is -0.456. The van der Waals surface area contributed by atoms with Gasteiger partial charge < -0.3 is 15.3 Å². The number of aliphatic hydroxyl groups is 1. The monoisotopic (exact) mass is 268 g/mol. The number of fused-ring (bicyclic) bond motifs is 1. The molecule has 0 spiro atoms. The van der Waals surface area contributed by atoms with Crippen molar-refractivity contribution >= 4 is 11.4 Å². The number of nitrogens with one attached hydrogen (secondary N) is 1. The summed E-state index contributed by atoms with van der Waals surface area (Å²) in [5.41, 5.74) is 3.31. The lowest BCUT2D eigenvalue weighted by Crippen LogP contribution is -2.29. The number of hydrogen-bond acceptors (Lipinski definition) is 3. The highest BCUT2D eigenvalue weighted by Gasteiger charge is 2.18. The van der Waals surface area contributed by atoms with Crippen LogP contribution in [0.1, 0.15) is 18.1 Å². The van der Waals surface area contributed by atoms with Gasteiger partial charge in [0.15, 0.2) is 0 Å².